The van der Waals surface area contributed by atoms with Gasteiger partial charge in [0, 0.05) is 17.8 Å². The van der Waals surface area contributed by atoms with E-state index >= 15 is 0 Å². The van der Waals surface area contributed by atoms with Gasteiger partial charge < -0.3 is 14.8 Å². The standard InChI is InChI=1S/C27H23BrFN3O3/c1-34-25-13-9-19(15-21(25)18-35-23-5-3-2-4-6-23)10-14-26(33)30-27-24(28)17-32(31-27)16-20-7-11-22(29)12-8-20/h2-15,17H,16,18H2,1H3,(H,30,31,33)/b14-10+. The van der Waals surface area contributed by atoms with Crippen molar-refractivity contribution in [2.75, 3.05) is 12.4 Å². The van der Waals surface area contributed by atoms with Crippen molar-refractivity contribution in [1.82, 2.24) is 9.78 Å². The van der Waals surface area contributed by atoms with Gasteiger partial charge in [-0.1, -0.05) is 36.4 Å². The maximum Gasteiger partial charge on any atom is 0.249 e. The molecule has 1 N–H and O–H groups in total. The van der Waals surface area contributed by atoms with Crippen LogP contribution in [0.2, 0.25) is 0 Å². The van der Waals surface area contributed by atoms with Crippen LogP contribution in [-0.4, -0.2) is 22.8 Å². The van der Waals surface area contributed by atoms with Crippen molar-refractivity contribution >= 4 is 33.7 Å². The number of ether oxygens (including phenoxy) is 2. The van der Waals surface area contributed by atoms with Gasteiger partial charge in [0.25, 0.3) is 0 Å². The molecule has 4 aromatic rings. The summed E-state index contributed by atoms with van der Waals surface area (Å²) in [5.74, 6) is 1.25. The Labute approximate surface area is 211 Å². The zero-order valence-electron chi connectivity index (χ0n) is 18.9. The lowest BCUT2D eigenvalue weighted by Crippen LogP contribution is -2.09. The molecule has 1 heterocycles. The lowest BCUT2D eigenvalue weighted by atomic mass is 10.1. The number of aromatic nitrogens is 2. The van der Waals surface area contributed by atoms with Crippen LogP contribution in [0.15, 0.2) is 89.5 Å². The number of nitrogens with one attached hydrogen (secondary N) is 1. The number of benzene rings is 3. The lowest BCUT2D eigenvalue weighted by Gasteiger charge is -2.11. The average Bonchev–Trinajstić information content (AvgIpc) is 3.21. The number of carbonyl (C=O) groups excluding carboxylic acids is 1. The van der Waals surface area contributed by atoms with Gasteiger partial charge in [-0.2, -0.15) is 5.10 Å². The van der Waals surface area contributed by atoms with Crippen LogP contribution in [0.1, 0.15) is 16.7 Å². The van der Waals surface area contributed by atoms with Gasteiger partial charge >= 0.3 is 0 Å². The second kappa shape index (κ2) is 11.5. The quantitative estimate of drug-likeness (QED) is 0.264. The third-order valence-electron chi connectivity index (χ3n) is 5.09. The SMILES string of the molecule is COc1ccc(/C=C/C(=O)Nc2nn(Cc3ccc(F)cc3)cc2Br)cc1COc1ccccc1. The van der Waals surface area contributed by atoms with Gasteiger partial charge in [0.1, 0.15) is 23.9 Å². The van der Waals surface area contributed by atoms with E-state index in [0.29, 0.717) is 29.2 Å². The first kappa shape index (κ1) is 24.2. The van der Waals surface area contributed by atoms with Crippen molar-refractivity contribution in [2.45, 2.75) is 13.2 Å². The minimum Gasteiger partial charge on any atom is -0.496 e. The summed E-state index contributed by atoms with van der Waals surface area (Å²) in [5, 5.41) is 7.16. The summed E-state index contributed by atoms with van der Waals surface area (Å²) in [6.45, 7) is 0.782. The first-order valence-electron chi connectivity index (χ1n) is 10.8. The fourth-order valence-electron chi connectivity index (χ4n) is 3.36. The molecule has 1 amide bonds. The molecule has 0 atom stereocenters. The Morgan fingerprint density at radius 2 is 1.89 bits per heavy atom. The number of nitrogens with zero attached hydrogens (tertiary/aromatic N) is 2. The van der Waals surface area contributed by atoms with Gasteiger partial charge in [0.05, 0.1) is 18.1 Å². The van der Waals surface area contributed by atoms with E-state index < -0.39 is 0 Å². The van der Waals surface area contributed by atoms with Crippen LogP contribution in [0, 0.1) is 5.82 Å². The summed E-state index contributed by atoms with van der Waals surface area (Å²) in [6, 6.07) is 21.3. The maximum absolute atomic E-state index is 13.1. The highest BCUT2D eigenvalue weighted by Gasteiger charge is 2.10. The van der Waals surface area contributed by atoms with E-state index in [9.17, 15) is 9.18 Å². The van der Waals surface area contributed by atoms with Gasteiger partial charge in [0.2, 0.25) is 5.91 Å². The van der Waals surface area contributed by atoms with Gasteiger partial charge in [0.15, 0.2) is 5.82 Å². The largest absolute Gasteiger partial charge is 0.496 e. The molecule has 0 saturated carbocycles. The van der Waals surface area contributed by atoms with Crippen LogP contribution >= 0.6 is 15.9 Å². The molecule has 0 unspecified atom stereocenters. The third kappa shape index (κ3) is 6.80. The van der Waals surface area contributed by atoms with Gasteiger partial charge in [-0.05, 0) is 69.5 Å². The zero-order chi connectivity index (χ0) is 24.6. The molecule has 6 nitrogen and oxygen atoms in total. The Hall–Kier alpha value is -3.91. The molecule has 0 radical (unpaired) electrons. The molecule has 0 fully saturated rings. The average molecular weight is 536 g/mol. The summed E-state index contributed by atoms with van der Waals surface area (Å²) in [6.07, 6.45) is 4.91. The Balaban J connectivity index is 1.39. The Morgan fingerprint density at radius 1 is 1.11 bits per heavy atom. The summed E-state index contributed by atoms with van der Waals surface area (Å²) < 4.78 is 26.7. The van der Waals surface area contributed by atoms with E-state index in [0.717, 1.165) is 22.4 Å². The molecule has 8 heteroatoms. The van der Waals surface area contributed by atoms with E-state index in [2.05, 4.69) is 26.3 Å². The van der Waals surface area contributed by atoms with Gasteiger partial charge in [-0.3, -0.25) is 9.48 Å². The molecule has 0 aliphatic heterocycles. The van der Waals surface area contributed by atoms with Crippen LogP contribution in [-0.2, 0) is 17.9 Å². The van der Waals surface area contributed by atoms with Crippen molar-refractivity contribution in [3.8, 4) is 11.5 Å². The fourth-order valence-corrected chi connectivity index (χ4v) is 3.78. The fraction of sp³-hybridized carbons (Fsp3) is 0.111. The number of methoxy groups -OCH3 is 1. The van der Waals surface area contributed by atoms with E-state index in [1.165, 1.54) is 18.2 Å². The molecule has 0 bridgehead atoms. The smallest absolute Gasteiger partial charge is 0.249 e. The van der Waals surface area contributed by atoms with Crippen LogP contribution in [0.4, 0.5) is 10.2 Å². The van der Waals surface area contributed by atoms with Crippen molar-refractivity contribution in [1.29, 1.82) is 0 Å². The minimum atomic E-state index is -0.323. The van der Waals surface area contributed by atoms with Crippen LogP contribution in [0.3, 0.4) is 0 Å². The lowest BCUT2D eigenvalue weighted by molar-refractivity contribution is -0.111. The number of halogens is 2. The number of hydrogen-bond donors (Lipinski definition) is 1. The highest BCUT2D eigenvalue weighted by atomic mass is 79.9. The van der Waals surface area contributed by atoms with Crippen molar-refractivity contribution in [3.63, 3.8) is 0 Å². The number of amides is 1. The van der Waals surface area contributed by atoms with Gasteiger partial charge in [-0.15, -0.1) is 0 Å². The van der Waals surface area contributed by atoms with Gasteiger partial charge in [-0.25, -0.2) is 4.39 Å². The number of para-hydroxylation sites is 1. The molecule has 178 valence electrons. The van der Waals surface area contributed by atoms with Crippen molar-refractivity contribution < 1.29 is 18.7 Å². The van der Waals surface area contributed by atoms with Crippen LogP contribution in [0.5, 0.6) is 11.5 Å². The molecule has 0 spiro atoms. The summed E-state index contributed by atoms with van der Waals surface area (Å²) in [5.41, 5.74) is 2.58. The molecular weight excluding hydrogens is 513 g/mol. The second-order valence-electron chi connectivity index (χ2n) is 7.65. The molecule has 4 rings (SSSR count). The zero-order valence-corrected chi connectivity index (χ0v) is 20.5. The van der Waals surface area contributed by atoms with E-state index in [-0.39, 0.29) is 11.7 Å². The summed E-state index contributed by atoms with van der Waals surface area (Å²) in [4.78, 5) is 12.5. The third-order valence-corrected chi connectivity index (χ3v) is 5.67. The molecule has 35 heavy (non-hydrogen) atoms. The molecule has 0 aliphatic carbocycles. The first-order chi connectivity index (χ1) is 17.0. The monoisotopic (exact) mass is 535 g/mol. The predicted molar refractivity (Wildman–Crippen MR) is 137 cm³/mol. The number of rotatable bonds is 9. The van der Waals surface area contributed by atoms with Crippen molar-refractivity contribution in [2.24, 2.45) is 0 Å². The summed E-state index contributed by atoms with van der Waals surface area (Å²) in [7, 11) is 1.61. The van der Waals surface area contributed by atoms with E-state index in [1.54, 1.807) is 36.2 Å². The Morgan fingerprint density at radius 3 is 2.63 bits per heavy atom. The predicted octanol–water partition coefficient (Wildman–Crippen LogP) is 6.07. The Bertz CT molecular complexity index is 1320. The Kier molecular flexibility index (Phi) is 7.95. The summed E-state index contributed by atoms with van der Waals surface area (Å²) >= 11 is 3.42. The second-order valence-corrected chi connectivity index (χ2v) is 8.50. The number of carbonyl (C=O) groups is 1. The van der Waals surface area contributed by atoms with E-state index in [4.69, 9.17) is 9.47 Å². The normalized spacial score (nSPS) is 10.9. The topological polar surface area (TPSA) is 65.4 Å². The molecule has 1 aromatic heterocycles. The van der Waals surface area contributed by atoms with E-state index in [1.807, 2.05) is 48.5 Å². The maximum atomic E-state index is 13.1. The van der Waals surface area contributed by atoms with Crippen molar-refractivity contribution in [3.05, 3.63) is 112 Å². The van der Waals surface area contributed by atoms with Crippen LogP contribution in [0.25, 0.3) is 6.08 Å². The number of hydrogen-bond acceptors (Lipinski definition) is 4. The molecule has 0 aliphatic rings. The minimum absolute atomic E-state index is 0.289. The molecule has 3 aromatic carbocycles. The molecule has 0 saturated heterocycles. The first-order valence-corrected chi connectivity index (χ1v) is 11.6. The number of anilines is 1. The highest BCUT2D eigenvalue weighted by molar-refractivity contribution is 9.10. The molecular formula is C27H23BrFN3O3. The highest BCUT2D eigenvalue weighted by Crippen LogP contribution is 2.24. The van der Waals surface area contributed by atoms with Crippen LogP contribution < -0.4 is 14.8 Å².